The first-order valence-electron chi connectivity index (χ1n) is 4.72. The van der Waals surface area contributed by atoms with Gasteiger partial charge in [-0.25, -0.2) is 4.79 Å². The van der Waals surface area contributed by atoms with E-state index in [4.69, 9.17) is 5.73 Å². The van der Waals surface area contributed by atoms with Crippen molar-refractivity contribution >= 4 is 34.6 Å². The lowest BCUT2D eigenvalue weighted by molar-refractivity contribution is 0.254. The van der Waals surface area contributed by atoms with Crippen LogP contribution in [0.25, 0.3) is 10.8 Å². The smallest absolute Gasteiger partial charge is 0.323 e. The summed E-state index contributed by atoms with van der Waals surface area (Å²) in [6, 6.07) is 13.4. The van der Waals surface area contributed by atoms with E-state index in [1.807, 2.05) is 42.5 Å². The van der Waals surface area contributed by atoms with Gasteiger partial charge in [-0.05, 0) is 11.5 Å². The summed E-state index contributed by atoms with van der Waals surface area (Å²) in [6.45, 7) is 0. The summed E-state index contributed by atoms with van der Waals surface area (Å²) < 4.78 is 5.43. The summed E-state index contributed by atoms with van der Waals surface area (Å²) >= 11 is 1.05. The van der Waals surface area contributed by atoms with Gasteiger partial charge in [0.2, 0.25) is 0 Å². The largest absolute Gasteiger partial charge is 0.351 e. The highest BCUT2D eigenvalue weighted by molar-refractivity contribution is 7.99. The minimum atomic E-state index is -0.572. The summed E-state index contributed by atoms with van der Waals surface area (Å²) in [7, 11) is 0. The first kappa shape index (κ1) is 10.6. The molecule has 0 aliphatic carbocycles. The molecule has 0 unspecified atom stereocenters. The number of fused-ring (bicyclic) bond motifs is 1. The number of anilines is 1. The van der Waals surface area contributed by atoms with Crippen LogP contribution in [0.4, 0.5) is 10.5 Å². The number of nitrogens with one attached hydrogen (secondary N) is 2. The molecule has 2 rings (SSSR count). The lowest BCUT2D eigenvalue weighted by atomic mass is 10.1. The summed E-state index contributed by atoms with van der Waals surface area (Å²) in [5.74, 6) is 0. The van der Waals surface area contributed by atoms with E-state index >= 15 is 0 Å². The SMILES string of the molecule is NC(=O)NSNc1cccc2ccccc12. The van der Waals surface area contributed by atoms with E-state index in [0.29, 0.717) is 0 Å². The van der Waals surface area contributed by atoms with E-state index < -0.39 is 6.03 Å². The second-order valence-electron chi connectivity index (χ2n) is 3.20. The van der Waals surface area contributed by atoms with Crippen LogP contribution in [0.2, 0.25) is 0 Å². The number of primary amides is 1. The van der Waals surface area contributed by atoms with Crippen molar-refractivity contribution in [3.8, 4) is 0 Å². The molecule has 0 heterocycles. The Bertz CT molecular complexity index is 510. The van der Waals surface area contributed by atoms with Crippen molar-refractivity contribution in [1.29, 1.82) is 0 Å². The third-order valence-corrected chi connectivity index (χ3v) is 2.73. The third kappa shape index (κ3) is 2.38. The minimum Gasteiger partial charge on any atom is -0.351 e. The van der Waals surface area contributed by atoms with Crippen LogP contribution in [0.3, 0.4) is 0 Å². The number of nitrogens with two attached hydrogens (primary N) is 1. The van der Waals surface area contributed by atoms with Gasteiger partial charge >= 0.3 is 6.03 Å². The Morgan fingerprint density at radius 3 is 2.69 bits per heavy atom. The Balaban J connectivity index is 2.20. The molecule has 0 aliphatic rings. The molecular formula is C11H11N3OS. The molecule has 0 bridgehead atoms. The lowest BCUT2D eigenvalue weighted by Crippen LogP contribution is -2.24. The molecule has 2 aromatic rings. The van der Waals surface area contributed by atoms with Crippen LogP contribution in [-0.4, -0.2) is 6.03 Å². The Morgan fingerprint density at radius 2 is 1.88 bits per heavy atom. The molecule has 82 valence electrons. The fraction of sp³-hybridized carbons (Fsp3) is 0. The van der Waals surface area contributed by atoms with Crippen molar-refractivity contribution in [1.82, 2.24) is 4.72 Å². The highest BCUT2D eigenvalue weighted by Crippen LogP contribution is 2.24. The van der Waals surface area contributed by atoms with Crippen LogP contribution in [0.5, 0.6) is 0 Å². The number of rotatable bonds is 3. The van der Waals surface area contributed by atoms with Gasteiger partial charge in [-0.15, -0.1) is 0 Å². The van der Waals surface area contributed by atoms with E-state index in [0.717, 1.165) is 28.6 Å². The van der Waals surface area contributed by atoms with Gasteiger partial charge in [-0.1, -0.05) is 36.4 Å². The molecule has 0 saturated carbocycles. The van der Waals surface area contributed by atoms with Gasteiger partial charge in [0.25, 0.3) is 0 Å². The molecule has 4 N–H and O–H groups in total. The summed E-state index contributed by atoms with van der Waals surface area (Å²) in [5.41, 5.74) is 5.90. The number of hydrogen-bond donors (Lipinski definition) is 3. The monoisotopic (exact) mass is 233 g/mol. The average Bonchev–Trinajstić information content (AvgIpc) is 2.29. The quantitative estimate of drug-likeness (QED) is 0.713. The zero-order valence-corrected chi connectivity index (χ0v) is 9.25. The van der Waals surface area contributed by atoms with Gasteiger partial charge in [0.15, 0.2) is 0 Å². The van der Waals surface area contributed by atoms with Crippen LogP contribution in [0.15, 0.2) is 42.5 Å². The fourth-order valence-corrected chi connectivity index (χ4v) is 1.88. The van der Waals surface area contributed by atoms with Gasteiger partial charge in [0.05, 0.1) is 17.8 Å². The first-order valence-corrected chi connectivity index (χ1v) is 5.54. The van der Waals surface area contributed by atoms with Gasteiger partial charge in [-0.3, -0.25) is 4.72 Å². The molecule has 2 aromatic carbocycles. The molecule has 0 aliphatic heterocycles. The Labute approximate surface area is 97.5 Å². The topological polar surface area (TPSA) is 67.2 Å². The van der Waals surface area contributed by atoms with Crippen LogP contribution < -0.4 is 15.2 Å². The predicted octanol–water partition coefficient (Wildman–Crippen LogP) is 2.48. The molecule has 0 aromatic heterocycles. The van der Waals surface area contributed by atoms with Crippen molar-refractivity contribution in [3.05, 3.63) is 42.5 Å². The summed E-state index contributed by atoms with van der Waals surface area (Å²) in [4.78, 5) is 10.5. The number of carbonyl (C=O) groups excluding carboxylic acids is 1. The van der Waals surface area contributed by atoms with Crippen molar-refractivity contribution in [2.24, 2.45) is 5.73 Å². The zero-order valence-electron chi connectivity index (χ0n) is 8.44. The predicted molar refractivity (Wildman–Crippen MR) is 67.9 cm³/mol. The number of carbonyl (C=O) groups is 1. The fourth-order valence-electron chi connectivity index (χ4n) is 1.45. The molecule has 0 saturated heterocycles. The van der Waals surface area contributed by atoms with E-state index in [1.54, 1.807) is 0 Å². The molecule has 0 fully saturated rings. The van der Waals surface area contributed by atoms with Crippen molar-refractivity contribution in [2.75, 3.05) is 4.72 Å². The molecule has 16 heavy (non-hydrogen) atoms. The molecule has 2 amide bonds. The molecule has 0 spiro atoms. The maximum atomic E-state index is 10.5. The minimum absolute atomic E-state index is 0.572. The van der Waals surface area contributed by atoms with Crippen molar-refractivity contribution in [3.63, 3.8) is 0 Å². The first-order chi connectivity index (χ1) is 7.77. The molecule has 0 radical (unpaired) electrons. The number of hydrogen-bond acceptors (Lipinski definition) is 3. The van der Waals surface area contributed by atoms with Crippen molar-refractivity contribution < 1.29 is 4.79 Å². The van der Waals surface area contributed by atoms with Crippen LogP contribution in [0.1, 0.15) is 0 Å². The maximum Gasteiger partial charge on any atom is 0.323 e. The van der Waals surface area contributed by atoms with E-state index in [2.05, 4.69) is 9.44 Å². The van der Waals surface area contributed by atoms with E-state index in [-0.39, 0.29) is 0 Å². The van der Waals surface area contributed by atoms with Gasteiger partial charge in [0.1, 0.15) is 0 Å². The van der Waals surface area contributed by atoms with E-state index in [9.17, 15) is 4.79 Å². The molecule has 0 atom stereocenters. The number of amides is 2. The highest BCUT2D eigenvalue weighted by Gasteiger charge is 1.99. The number of benzene rings is 2. The molecule has 4 nitrogen and oxygen atoms in total. The lowest BCUT2D eigenvalue weighted by Gasteiger charge is -2.07. The van der Waals surface area contributed by atoms with Gasteiger partial charge in [-0.2, -0.15) is 0 Å². The van der Waals surface area contributed by atoms with Crippen LogP contribution >= 0.6 is 12.1 Å². The second kappa shape index (κ2) is 4.76. The van der Waals surface area contributed by atoms with Crippen LogP contribution in [-0.2, 0) is 0 Å². The van der Waals surface area contributed by atoms with Crippen LogP contribution in [0, 0.1) is 0 Å². The highest BCUT2D eigenvalue weighted by atomic mass is 32.2. The van der Waals surface area contributed by atoms with E-state index in [1.165, 1.54) is 0 Å². The molecule has 5 heteroatoms. The molecular weight excluding hydrogens is 222 g/mol. The average molecular weight is 233 g/mol. The standard InChI is InChI=1S/C11H11N3OS/c12-11(15)14-16-13-10-7-3-5-8-4-1-2-6-9(8)10/h1-7,13H,(H3,12,14,15). The normalized spacial score (nSPS) is 10.0. The van der Waals surface area contributed by atoms with Gasteiger partial charge in [0, 0.05) is 5.39 Å². The third-order valence-electron chi connectivity index (χ3n) is 2.10. The Morgan fingerprint density at radius 1 is 1.12 bits per heavy atom. The van der Waals surface area contributed by atoms with Crippen molar-refractivity contribution in [2.45, 2.75) is 0 Å². The van der Waals surface area contributed by atoms with Gasteiger partial charge < -0.3 is 10.5 Å². The maximum absolute atomic E-state index is 10.5. The summed E-state index contributed by atoms with van der Waals surface area (Å²) in [6.07, 6.45) is 0. The summed E-state index contributed by atoms with van der Waals surface area (Å²) in [5, 5.41) is 2.25. The zero-order chi connectivity index (χ0) is 11.4. The second-order valence-corrected chi connectivity index (χ2v) is 3.81. The number of urea groups is 1. The Kier molecular flexibility index (Phi) is 3.16. The Hall–Kier alpha value is -1.88.